The number of aryl methyl sites for hydroxylation is 1. The summed E-state index contributed by atoms with van der Waals surface area (Å²) in [6, 6.07) is 9.13. The Labute approximate surface area is 113 Å². The van der Waals surface area contributed by atoms with E-state index in [1.807, 2.05) is 6.20 Å². The van der Waals surface area contributed by atoms with Crippen molar-refractivity contribution in [1.29, 1.82) is 0 Å². The van der Waals surface area contributed by atoms with Crippen LogP contribution >= 0.6 is 12.4 Å². The third-order valence-corrected chi connectivity index (χ3v) is 3.25. The Morgan fingerprint density at radius 1 is 1.33 bits per heavy atom. The zero-order valence-electron chi connectivity index (χ0n) is 10.4. The highest BCUT2D eigenvalue weighted by atomic mass is 35.5. The molecule has 0 aliphatic carbocycles. The van der Waals surface area contributed by atoms with Crippen LogP contribution in [0.2, 0.25) is 0 Å². The predicted octanol–water partition coefficient (Wildman–Crippen LogP) is 2.74. The molecule has 1 aliphatic heterocycles. The molecule has 96 valence electrons. The molecule has 0 radical (unpaired) electrons. The van der Waals surface area contributed by atoms with Gasteiger partial charge in [0, 0.05) is 29.9 Å². The Hall–Kier alpha value is -1.32. The molecule has 0 bridgehead atoms. The second-order valence-corrected chi connectivity index (χ2v) is 4.75. The molecular weight excluding hydrogens is 246 g/mol. The van der Waals surface area contributed by atoms with Crippen LogP contribution in [0.1, 0.15) is 12.0 Å². The standard InChI is InChI=1S/C14H17N3.ClH/c1-10-6-11-7-12(2-3-14(11)16-8-10)17-13-4-5-15-9-13;/h2-3,6-8,13,15,17H,4-5,9H2,1H3;1H/t13-;/m1./s1. The Bertz CT molecular complexity index is 536. The van der Waals surface area contributed by atoms with E-state index in [0.717, 1.165) is 18.6 Å². The summed E-state index contributed by atoms with van der Waals surface area (Å²) in [6.07, 6.45) is 3.11. The average molecular weight is 264 g/mol. The van der Waals surface area contributed by atoms with E-state index in [0.29, 0.717) is 6.04 Å². The van der Waals surface area contributed by atoms with E-state index in [9.17, 15) is 0 Å². The molecule has 18 heavy (non-hydrogen) atoms. The SMILES string of the molecule is Cc1cnc2ccc(N[C@@H]3CCNC3)cc2c1.Cl. The van der Waals surface area contributed by atoms with Gasteiger partial charge in [-0.1, -0.05) is 0 Å². The van der Waals surface area contributed by atoms with Gasteiger partial charge in [-0.2, -0.15) is 0 Å². The monoisotopic (exact) mass is 263 g/mol. The summed E-state index contributed by atoms with van der Waals surface area (Å²) in [7, 11) is 0. The van der Waals surface area contributed by atoms with Crippen molar-refractivity contribution in [3.8, 4) is 0 Å². The van der Waals surface area contributed by atoms with Gasteiger partial charge < -0.3 is 10.6 Å². The van der Waals surface area contributed by atoms with Crippen LogP contribution in [0.3, 0.4) is 0 Å². The third kappa shape index (κ3) is 2.74. The number of fused-ring (bicyclic) bond motifs is 1. The highest BCUT2D eigenvalue weighted by molar-refractivity contribution is 5.85. The summed E-state index contributed by atoms with van der Waals surface area (Å²) >= 11 is 0. The van der Waals surface area contributed by atoms with Crippen LogP contribution in [-0.4, -0.2) is 24.1 Å². The number of anilines is 1. The quantitative estimate of drug-likeness (QED) is 0.875. The van der Waals surface area contributed by atoms with Gasteiger partial charge >= 0.3 is 0 Å². The number of hydrogen-bond acceptors (Lipinski definition) is 3. The first-order valence-corrected chi connectivity index (χ1v) is 6.15. The van der Waals surface area contributed by atoms with Gasteiger partial charge in [0.2, 0.25) is 0 Å². The fraction of sp³-hybridized carbons (Fsp3) is 0.357. The van der Waals surface area contributed by atoms with E-state index in [4.69, 9.17) is 0 Å². The summed E-state index contributed by atoms with van der Waals surface area (Å²) in [5.41, 5.74) is 3.46. The van der Waals surface area contributed by atoms with Crippen molar-refractivity contribution in [2.24, 2.45) is 0 Å². The van der Waals surface area contributed by atoms with Gasteiger partial charge in [-0.15, -0.1) is 12.4 Å². The molecule has 0 amide bonds. The molecule has 2 heterocycles. The van der Waals surface area contributed by atoms with Gasteiger partial charge in [-0.05, 0) is 49.7 Å². The van der Waals surface area contributed by atoms with Gasteiger partial charge in [0.1, 0.15) is 0 Å². The molecule has 1 aliphatic rings. The van der Waals surface area contributed by atoms with Crippen LogP contribution in [-0.2, 0) is 0 Å². The molecule has 0 saturated carbocycles. The van der Waals surface area contributed by atoms with Gasteiger partial charge in [-0.25, -0.2) is 0 Å². The number of nitrogens with one attached hydrogen (secondary N) is 2. The van der Waals surface area contributed by atoms with E-state index >= 15 is 0 Å². The Kier molecular flexibility index (Phi) is 4.04. The maximum atomic E-state index is 4.41. The average Bonchev–Trinajstić information content (AvgIpc) is 2.81. The topological polar surface area (TPSA) is 37.0 Å². The fourth-order valence-electron chi connectivity index (χ4n) is 2.34. The lowest BCUT2D eigenvalue weighted by Crippen LogP contribution is -2.21. The zero-order chi connectivity index (χ0) is 11.7. The van der Waals surface area contributed by atoms with E-state index in [1.54, 1.807) is 0 Å². The Balaban J connectivity index is 0.00000120. The minimum atomic E-state index is 0. The van der Waals surface area contributed by atoms with Crippen LogP contribution in [0.5, 0.6) is 0 Å². The van der Waals surface area contributed by atoms with Crippen molar-refractivity contribution in [3.05, 3.63) is 36.0 Å². The van der Waals surface area contributed by atoms with Crippen molar-refractivity contribution in [2.45, 2.75) is 19.4 Å². The third-order valence-electron chi connectivity index (χ3n) is 3.25. The van der Waals surface area contributed by atoms with Crippen LogP contribution in [0, 0.1) is 6.92 Å². The molecule has 1 aromatic carbocycles. The minimum absolute atomic E-state index is 0. The first kappa shape index (κ1) is 13.1. The summed E-state index contributed by atoms with van der Waals surface area (Å²) in [4.78, 5) is 4.41. The van der Waals surface area contributed by atoms with Crippen LogP contribution in [0.4, 0.5) is 5.69 Å². The van der Waals surface area contributed by atoms with E-state index < -0.39 is 0 Å². The van der Waals surface area contributed by atoms with E-state index in [1.165, 1.54) is 23.1 Å². The van der Waals surface area contributed by atoms with Crippen molar-refractivity contribution in [3.63, 3.8) is 0 Å². The fourth-order valence-corrected chi connectivity index (χ4v) is 2.34. The molecular formula is C14H18ClN3. The molecule has 1 atom stereocenters. The molecule has 4 heteroatoms. The molecule has 1 saturated heterocycles. The molecule has 1 fully saturated rings. The highest BCUT2D eigenvalue weighted by Gasteiger charge is 2.13. The smallest absolute Gasteiger partial charge is 0.0703 e. The Morgan fingerprint density at radius 2 is 2.22 bits per heavy atom. The summed E-state index contributed by atoms with van der Waals surface area (Å²) in [6.45, 7) is 4.25. The molecule has 1 aromatic heterocycles. The molecule has 3 nitrogen and oxygen atoms in total. The van der Waals surface area contributed by atoms with Crippen LogP contribution in [0.25, 0.3) is 10.9 Å². The second kappa shape index (κ2) is 5.55. The van der Waals surface area contributed by atoms with Gasteiger partial charge in [-0.3, -0.25) is 4.98 Å². The summed E-state index contributed by atoms with van der Waals surface area (Å²) in [5, 5.41) is 8.14. The molecule has 2 aromatic rings. The number of nitrogens with zero attached hydrogens (tertiary/aromatic N) is 1. The number of hydrogen-bond donors (Lipinski definition) is 2. The van der Waals surface area contributed by atoms with E-state index in [-0.39, 0.29) is 12.4 Å². The van der Waals surface area contributed by atoms with Crippen molar-refractivity contribution < 1.29 is 0 Å². The van der Waals surface area contributed by atoms with Gasteiger partial charge in [0.25, 0.3) is 0 Å². The lowest BCUT2D eigenvalue weighted by molar-refractivity contribution is 0.793. The number of aromatic nitrogens is 1. The normalized spacial score (nSPS) is 18.6. The lowest BCUT2D eigenvalue weighted by atomic mass is 10.1. The minimum Gasteiger partial charge on any atom is -0.381 e. The number of pyridine rings is 1. The van der Waals surface area contributed by atoms with Crippen molar-refractivity contribution in [2.75, 3.05) is 18.4 Å². The maximum absolute atomic E-state index is 4.41. The molecule has 0 unspecified atom stereocenters. The van der Waals surface area contributed by atoms with Crippen molar-refractivity contribution in [1.82, 2.24) is 10.3 Å². The lowest BCUT2D eigenvalue weighted by Gasteiger charge is -2.13. The predicted molar refractivity (Wildman–Crippen MR) is 78.6 cm³/mol. The van der Waals surface area contributed by atoms with Gasteiger partial charge in [0.05, 0.1) is 5.52 Å². The van der Waals surface area contributed by atoms with Gasteiger partial charge in [0.15, 0.2) is 0 Å². The Morgan fingerprint density at radius 3 is 3.00 bits per heavy atom. The second-order valence-electron chi connectivity index (χ2n) is 4.75. The zero-order valence-corrected chi connectivity index (χ0v) is 11.3. The van der Waals surface area contributed by atoms with Crippen molar-refractivity contribution >= 4 is 29.0 Å². The van der Waals surface area contributed by atoms with E-state index in [2.05, 4.69) is 46.8 Å². The van der Waals surface area contributed by atoms with Crippen LogP contribution in [0.15, 0.2) is 30.5 Å². The molecule has 0 spiro atoms. The number of rotatable bonds is 2. The molecule has 2 N–H and O–H groups in total. The maximum Gasteiger partial charge on any atom is 0.0703 e. The largest absolute Gasteiger partial charge is 0.381 e. The summed E-state index contributed by atoms with van der Waals surface area (Å²) in [5.74, 6) is 0. The van der Waals surface area contributed by atoms with Crippen LogP contribution < -0.4 is 10.6 Å². The first-order chi connectivity index (χ1) is 8.31. The molecule has 3 rings (SSSR count). The summed E-state index contributed by atoms with van der Waals surface area (Å²) < 4.78 is 0. The highest BCUT2D eigenvalue weighted by Crippen LogP contribution is 2.19. The number of halogens is 1. The first-order valence-electron chi connectivity index (χ1n) is 6.15. The number of benzene rings is 1.